The third kappa shape index (κ3) is 2.34. The molecule has 1 aromatic rings. The van der Waals surface area contributed by atoms with Crippen LogP contribution in [-0.4, -0.2) is 34.3 Å². The van der Waals surface area contributed by atoms with Crippen molar-refractivity contribution in [2.24, 2.45) is 5.92 Å². The van der Waals surface area contributed by atoms with E-state index in [0.717, 1.165) is 30.8 Å². The van der Waals surface area contributed by atoms with E-state index in [2.05, 4.69) is 21.8 Å². The van der Waals surface area contributed by atoms with Crippen molar-refractivity contribution < 1.29 is 5.11 Å². The normalized spacial score (nSPS) is 25.0. The Balaban J connectivity index is 2.25. The summed E-state index contributed by atoms with van der Waals surface area (Å²) in [5.41, 5.74) is 6.84. The van der Waals surface area contributed by atoms with E-state index in [-0.39, 0.29) is 6.10 Å². The molecule has 0 aliphatic carbocycles. The Kier molecular flexibility index (Phi) is 3.47. The molecule has 2 atom stereocenters. The number of β-amino-alcohol motifs (C(OH)–C–C–N with tert-alkyl or cyclic N) is 1. The molecule has 2 heterocycles. The van der Waals surface area contributed by atoms with Crippen LogP contribution in [0.25, 0.3) is 0 Å². The van der Waals surface area contributed by atoms with E-state index in [9.17, 15) is 5.11 Å². The van der Waals surface area contributed by atoms with Crippen molar-refractivity contribution >= 4 is 11.6 Å². The van der Waals surface area contributed by atoms with E-state index in [4.69, 9.17) is 5.73 Å². The molecular formula is C12H20N4O. The monoisotopic (exact) mass is 236 g/mol. The van der Waals surface area contributed by atoms with E-state index in [1.165, 1.54) is 6.33 Å². The number of nitrogens with two attached hydrogens (primary N) is 1. The minimum Gasteiger partial charge on any atom is -0.391 e. The maximum atomic E-state index is 9.93. The van der Waals surface area contributed by atoms with E-state index in [1.807, 2.05) is 6.92 Å². The van der Waals surface area contributed by atoms with Gasteiger partial charge in [0.2, 0.25) is 0 Å². The van der Waals surface area contributed by atoms with Gasteiger partial charge in [0.05, 0.1) is 6.10 Å². The third-order valence-electron chi connectivity index (χ3n) is 3.53. The van der Waals surface area contributed by atoms with Gasteiger partial charge >= 0.3 is 0 Å². The Morgan fingerprint density at radius 2 is 2.29 bits per heavy atom. The number of rotatable bonds is 2. The van der Waals surface area contributed by atoms with Gasteiger partial charge in [0, 0.05) is 18.7 Å². The van der Waals surface area contributed by atoms with Gasteiger partial charge < -0.3 is 15.7 Å². The van der Waals surface area contributed by atoms with E-state index in [1.54, 1.807) is 0 Å². The topological polar surface area (TPSA) is 75.3 Å². The number of aliphatic hydroxyl groups is 1. The molecule has 1 aliphatic heterocycles. The molecule has 0 amide bonds. The van der Waals surface area contributed by atoms with Crippen molar-refractivity contribution in [1.82, 2.24) is 9.97 Å². The molecule has 0 radical (unpaired) electrons. The maximum Gasteiger partial charge on any atom is 0.137 e. The first-order valence-electron chi connectivity index (χ1n) is 6.15. The molecule has 1 saturated heterocycles. The highest BCUT2D eigenvalue weighted by Crippen LogP contribution is 2.26. The Morgan fingerprint density at radius 3 is 2.94 bits per heavy atom. The molecule has 3 N–H and O–H groups in total. The Morgan fingerprint density at radius 1 is 1.53 bits per heavy atom. The number of hydrogen-bond acceptors (Lipinski definition) is 5. The maximum absolute atomic E-state index is 9.93. The van der Waals surface area contributed by atoms with Gasteiger partial charge in [-0.1, -0.05) is 13.8 Å². The molecule has 0 bridgehead atoms. The predicted molar refractivity (Wildman–Crippen MR) is 67.8 cm³/mol. The number of aliphatic hydroxyl groups excluding tert-OH is 1. The van der Waals surface area contributed by atoms with Crippen LogP contribution in [0.4, 0.5) is 11.6 Å². The highest BCUT2D eigenvalue weighted by molar-refractivity contribution is 5.56. The van der Waals surface area contributed by atoms with Crippen LogP contribution in [0.2, 0.25) is 0 Å². The van der Waals surface area contributed by atoms with Crippen LogP contribution in [0.5, 0.6) is 0 Å². The average molecular weight is 236 g/mol. The minimum absolute atomic E-state index is 0.287. The van der Waals surface area contributed by atoms with Crippen molar-refractivity contribution in [2.75, 3.05) is 23.7 Å². The quantitative estimate of drug-likeness (QED) is 0.795. The summed E-state index contributed by atoms with van der Waals surface area (Å²) in [6, 6.07) is 0. The summed E-state index contributed by atoms with van der Waals surface area (Å²) >= 11 is 0. The third-order valence-corrected chi connectivity index (χ3v) is 3.53. The zero-order valence-electron chi connectivity index (χ0n) is 10.4. The number of piperidine rings is 1. The van der Waals surface area contributed by atoms with E-state index in [0.29, 0.717) is 18.3 Å². The fraction of sp³-hybridized carbons (Fsp3) is 0.667. The highest BCUT2D eigenvalue weighted by atomic mass is 16.3. The van der Waals surface area contributed by atoms with Crippen molar-refractivity contribution in [1.29, 1.82) is 0 Å². The first-order valence-corrected chi connectivity index (χ1v) is 6.15. The van der Waals surface area contributed by atoms with Crippen LogP contribution in [0.15, 0.2) is 6.33 Å². The standard InChI is InChI=1S/C12H20N4O/c1-3-9-11(13)14-7-15-12(9)16-5-4-8(2)10(17)6-16/h7-8,10,17H,3-6H2,1-2H3,(H2,13,14,15). The van der Waals surface area contributed by atoms with Gasteiger partial charge in [-0.3, -0.25) is 0 Å². The number of nitrogens with zero attached hydrogens (tertiary/aromatic N) is 3. The number of hydrogen-bond donors (Lipinski definition) is 2. The van der Waals surface area contributed by atoms with Gasteiger partial charge in [0.25, 0.3) is 0 Å². The van der Waals surface area contributed by atoms with Gasteiger partial charge in [-0.2, -0.15) is 0 Å². The summed E-state index contributed by atoms with van der Waals surface area (Å²) in [6.07, 6.45) is 3.00. The second-order valence-corrected chi connectivity index (χ2v) is 4.69. The molecule has 1 aliphatic rings. The minimum atomic E-state index is -0.287. The van der Waals surface area contributed by atoms with Crippen LogP contribution >= 0.6 is 0 Å². The smallest absolute Gasteiger partial charge is 0.137 e. The molecule has 1 aromatic heterocycles. The Labute approximate surface area is 102 Å². The molecule has 1 fully saturated rings. The number of nitrogen functional groups attached to an aromatic ring is 1. The summed E-state index contributed by atoms with van der Waals surface area (Å²) in [5.74, 6) is 1.78. The molecule has 2 rings (SSSR count). The van der Waals surface area contributed by atoms with Gasteiger partial charge in [-0.15, -0.1) is 0 Å². The van der Waals surface area contributed by atoms with Gasteiger partial charge in [0.1, 0.15) is 18.0 Å². The zero-order chi connectivity index (χ0) is 12.4. The van der Waals surface area contributed by atoms with Gasteiger partial charge in [0.15, 0.2) is 0 Å². The SMILES string of the molecule is CCc1c(N)ncnc1N1CCC(C)C(O)C1. The fourth-order valence-corrected chi connectivity index (χ4v) is 2.27. The van der Waals surface area contributed by atoms with Crippen molar-refractivity contribution in [3.63, 3.8) is 0 Å². The van der Waals surface area contributed by atoms with Crippen LogP contribution < -0.4 is 10.6 Å². The van der Waals surface area contributed by atoms with E-state index < -0.39 is 0 Å². The molecule has 2 unspecified atom stereocenters. The van der Waals surface area contributed by atoms with Crippen molar-refractivity contribution in [2.45, 2.75) is 32.8 Å². The summed E-state index contributed by atoms with van der Waals surface area (Å²) in [7, 11) is 0. The predicted octanol–water partition coefficient (Wildman–Crippen LogP) is 0.828. The Bertz CT molecular complexity index is 396. The van der Waals surface area contributed by atoms with Gasteiger partial charge in [-0.05, 0) is 18.8 Å². The lowest BCUT2D eigenvalue weighted by molar-refractivity contribution is 0.102. The molecule has 5 heteroatoms. The van der Waals surface area contributed by atoms with Gasteiger partial charge in [-0.25, -0.2) is 9.97 Å². The molecule has 94 valence electrons. The lowest BCUT2D eigenvalue weighted by Crippen LogP contribution is -2.43. The van der Waals surface area contributed by atoms with Crippen molar-refractivity contribution in [3.05, 3.63) is 11.9 Å². The second-order valence-electron chi connectivity index (χ2n) is 4.69. The van der Waals surface area contributed by atoms with Crippen molar-refractivity contribution in [3.8, 4) is 0 Å². The molecular weight excluding hydrogens is 216 g/mol. The largest absolute Gasteiger partial charge is 0.391 e. The van der Waals surface area contributed by atoms with Crippen LogP contribution in [0.1, 0.15) is 25.8 Å². The van der Waals surface area contributed by atoms with Crippen LogP contribution in [-0.2, 0) is 6.42 Å². The van der Waals surface area contributed by atoms with Crippen LogP contribution in [0.3, 0.4) is 0 Å². The van der Waals surface area contributed by atoms with Crippen LogP contribution in [0, 0.1) is 5.92 Å². The van der Waals surface area contributed by atoms with E-state index >= 15 is 0 Å². The lowest BCUT2D eigenvalue weighted by atomic mass is 9.96. The summed E-state index contributed by atoms with van der Waals surface area (Å²) in [4.78, 5) is 10.4. The fourth-order valence-electron chi connectivity index (χ4n) is 2.27. The molecule has 5 nitrogen and oxygen atoms in total. The molecule has 0 saturated carbocycles. The first-order chi connectivity index (χ1) is 8.13. The molecule has 0 aromatic carbocycles. The molecule has 0 spiro atoms. The second kappa shape index (κ2) is 4.87. The lowest BCUT2D eigenvalue weighted by Gasteiger charge is -2.35. The summed E-state index contributed by atoms with van der Waals surface area (Å²) in [6.45, 7) is 5.67. The zero-order valence-corrected chi connectivity index (χ0v) is 10.4. The first kappa shape index (κ1) is 12.1. The highest BCUT2D eigenvalue weighted by Gasteiger charge is 2.26. The number of aromatic nitrogens is 2. The average Bonchev–Trinajstić information content (AvgIpc) is 2.32. The summed E-state index contributed by atoms with van der Waals surface area (Å²) in [5, 5.41) is 9.93. The number of anilines is 2. The summed E-state index contributed by atoms with van der Waals surface area (Å²) < 4.78 is 0. The Hall–Kier alpha value is -1.36. The molecule has 17 heavy (non-hydrogen) atoms.